The Morgan fingerprint density at radius 1 is 1.15 bits per heavy atom. The SMILES string of the molecule is C=C1C=C(C(C)=NC(C)C2=CCC(OCC(CC)(CC)CC)C=N2)C(=C)C1Cc1ccccc1. The van der Waals surface area contributed by atoms with Crippen molar-refractivity contribution in [3.05, 3.63) is 83.6 Å². The van der Waals surface area contributed by atoms with Crippen molar-refractivity contribution in [2.75, 3.05) is 6.61 Å². The van der Waals surface area contributed by atoms with Gasteiger partial charge in [-0.25, -0.2) is 0 Å². The topological polar surface area (TPSA) is 34.0 Å². The van der Waals surface area contributed by atoms with Crippen LogP contribution in [0.3, 0.4) is 0 Å². The number of hydrogen-bond acceptors (Lipinski definition) is 3. The summed E-state index contributed by atoms with van der Waals surface area (Å²) in [6, 6.07) is 10.5. The molecule has 3 rings (SSSR count). The molecule has 3 heteroatoms. The molecule has 0 radical (unpaired) electrons. The van der Waals surface area contributed by atoms with Crippen LogP contribution in [0.25, 0.3) is 0 Å². The molecular formula is C31H42N2O. The average molecular weight is 459 g/mol. The van der Waals surface area contributed by atoms with Crippen LogP contribution in [-0.2, 0) is 11.2 Å². The Hall–Kier alpha value is -2.52. The zero-order valence-corrected chi connectivity index (χ0v) is 21.8. The molecule has 0 bridgehead atoms. The molecule has 0 fully saturated rings. The first-order chi connectivity index (χ1) is 16.3. The highest BCUT2D eigenvalue weighted by atomic mass is 16.5. The fourth-order valence-corrected chi connectivity index (χ4v) is 4.91. The van der Waals surface area contributed by atoms with Crippen LogP contribution < -0.4 is 0 Å². The van der Waals surface area contributed by atoms with Gasteiger partial charge in [-0.2, -0.15) is 0 Å². The molecule has 0 N–H and O–H groups in total. The summed E-state index contributed by atoms with van der Waals surface area (Å²) in [7, 11) is 0. The summed E-state index contributed by atoms with van der Waals surface area (Å²) in [6.07, 6.45) is 11.6. The molecule has 3 unspecified atom stereocenters. The number of allylic oxidation sites excluding steroid dienone is 4. The minimum absolute atomic E-state index is 0.00615. The third-order valence-corrected chi connectivity index (χ3v) is 7.83. The molecule has 182 valence electrons. The smallest absolute Gasteiger partial charge is 0.0961 e. The molecule has 1 aliphatic carbocycles. The fourth-order valence-electron chi connectivity index (χ4n) is 4.91. The number of hydrogen-bond donors (Lipinski definition) is 0. The van der Waals surface area contributed by atoms with E-state index in [1.165, 1.54) is 5.56 Å². The molecule has 0 spiro atoms. The van der Waals surface area contributed by atoms with Crippen molar-refractivity contribution in [2.45, 2.75) is 78.9 Å². The lowest BCUT2D eigenvalue weighted by molar-refractivity contribution is 0.0152. The van der Waals surface area contributed by atoms with E-state index in [9.17, 15) is 0 Å². The second kappa shape index (κ2) is 11.8. The zero-order valence-electron chi connectivity index (χ0n) is 21.8. The number of nitrogens with zero attached hydrogens (tertiary/aromatic N) is 2. The highest BCUT2D eigenvalue weighted by Crippen LogP contribution is 2.37. The van der Waals surface area contributed by atoms with Gasteiger partial charge in [0.1, 0.15) is 0 Å². The van der Waals surface area contributed by atoms with Crippen LogP contribution in [-0.4, -0.2) is 30.7 Å². The molecule has 34 heavy (non-hydrogen) atoms. The van der Waals surface area contributed by atoms with E-state index in [1.54, 1.807) is 0 Å². The number of rotatable bonds is 11. The lowest BCUT2D eigenvalue weighted by Gasteiger charge is -2.31. The predicted molar refractivity (Wildman–Crippen MR) is 147 cm³/mol. The highest BCUT2D eigenvalue weighted by molar-refractivity contribution is 6.04. The van der Waals surface area contributed by atoms with Gasteiger partial charge in [0.2, 0.25) is 0 Å². The van der Waals surface area contributed by atoms with Crippen LogP contribution in [0.15, 0.2) is 88.0 Å². The monoisotopic (exact) mass is 458 g/mol. The Morgan fingerprint density at radius 2 is 1.82 bits per heavy atom. The van der Waals surface area contributed by atoms with Gasteiger partial charge in [-0.15, -0.1) is 0 Å². The summed E-state index contributed by atoms with van der Waals surface area (Å²) < 4.78 is 6.24. The third-order valence-electron chi connectivity index (χ3n) is 7.83. The van der Waals surface area contributed by atoms with Crippen molar-refractivity contribution in [1.82, 2.24) is 0 Å². The van der Waals surface area contributed by atoms with Gasteiger partial charge in [-0.05, 0) is 79.7 Å². The van der Waals surface area contributed by atoms with E-state index in [0.717, 1.165) is 66.8 Å². The molecular weight excluding hydrogens is 416 g/mol. The van der Waals surface area contributed by atoms with Crippen molar-refractivity contribution >= 4 is 11.9 Å². The third kappa shape index (κ3) is 6.13. The van der Waals surface area contributed by atoms with Gasteiger partial charge in [0.25, 0.3) is 0 Å². The molecule has 0 saturated heterocycles. The summed E-state index contributed by atoms with van der Waals surface area (Å²) in [5.41, 5.74) is 6.95. The Bertz CT molecular complexity index is 983. The quantitative estimate of drug-likeness (QED) is 0.313. The van der Waals surface area contributed by atoms with Crippen molar-refractivity contribution in [3.8, 4) is 0 Å². The first-order valence-electron chi connectivity index (χ1n) is 12.9. The summed E-state index contributed by atoms with van der Waals surface area (Å²) in [5, 5.41) is 0. The fraction of sp³-hybridized carbons (Fsp3) is 0.484. The standard InChI is InChI=1S/C31H42N2O/c1-8-31(9-2,10-3)21-34-27-16-17-30(32-20-27)25(7)33-24(6)29-18-22(4)28(23(29)5)19-26-14-12-11-13-15-26/h11-15,17-18,20,25,27-28H,4-5,8-10,16,19,21H2,1-3,6-7H3. The summed E-state index contributed by atoms with van der Waals surface area (Å²) in [6.45, 7) is 20.5. The summed E-state index contributed by atoms with van der Waals surface area (Å²) in [4.78, 5) is 9.70. The van der Waals surface area contributed by atoms with E-state index in [1.807, 2.05) is 6.21 Å². The van der Waals surface area contributed by atoms with E-state index in [4.69, 9.17) is 14.7 Å². The van der Waals surface area contributed by atoms with Gasteiger partial charge >= 0.3 is 0 Å². The van der Waals surface area contributed by atoms with Gasteiger partial charge in [0.05, 0.1) is 24.4 Å². The van der Waals surface area contributed by atoms with Crippen LogP contribution in [0.5, 0.6) is 0 Å². The molecule has 3 atom stereocenters. The summed E-state index contributed by atoms with van der Waals surface area (Å²) >= 11 is 0. The van der Waals surface area contributed by atoms with Gasteiger partial charge in [0.15, 0.2) is 0 Å². The second-order valence-electron chi connectivity index (χ2n) is 9.84. The highest BCUT2D eigenvalue weighted by Gasteiger charge is 2.28. The minimum atomic E-state index is -0.00615. The maximum Gasteiger partial charge on any atom is 0.0961 e. The van der Waals surface area contributed by atoms with E-state index in [0.29, 0.717) is 0 Å². The second-order valence-corrected chi connectivity index (χ2v) is 9.84. The van der Waals surface area contributed by atoms with Gasteiger partial charge in [0, 0.05) is 17.8 Å². The molecule has 1 aromatic rings. The van der Waals surface area contributed by atoms with E-state index in [2.05, 4.69) is 90.3 Å². The molecule has 1 aliphatic heterocycles. The van der Waals surface area contributed by atoms with Crippen LogP contribution in [0.4, 0.5) is 0 Å². The lowest BCUT2D eigenvalue weighted by atomic mass is 9.81. The minimum Gasteiger partial charge on any atom is -0.372 e. The van der Waals surface area contributed by atoms with Crippen molar-refractivity contribution in [3.63, 3.8) is 0 Å². The normalized spacial score (nSPS) is 22.1. The van der Waals surface area contributed by atoms with Crippen LogP contribution >= 0.6 is 0 Å². The Kier molecular flexibility index (Phi) is 9.02. The van der Waals surface area contributed by atoms with Crippen LogP contribution in [0, 0.1) is 11.3 Å². The van der Waals surface area contributed by atoms with Crippen LogP contribution in [0.2, 0.25) is 0 Å². The lowest BCUT2D eigenvalue weighted by Crippen LogP contribution is -2.29. The Balaban J connectivity index is 1.59. The maximum absolute atomic E-state index is 6.24. The molecule has 1 aromatic carbocycles. The summed E-state index contributed by atoms with van der Waals surface area (Å²) in [5.74, 6) is 0.240. The zero-order chi connectivity index (χ0) is 24.7. The van der Waals surface area contributed by atoms with E-state index >= 15 is 0 Å². The Labute approximate surface area is 207 Å². The van der Waals surface area contributed by atoms with Crippen molar-refractivity contribution < 1.29 is 4.74 Å². The van der Waals surface area contributed by atoms with E-state index < -0.39 is 0 Å². The van der Waals surface area contributed by atoms with Crippen molar-refractivity contribution in [2.24, 2.45) is 21.3 Å². The molecule has 3 nitrogen and oxygen atoms in total. The largest absolute Gasteiger partial charge is 0.372 e. The average Bonchev–Trinajstić information content (AvgIpc) is 3.14. The van der Waals surface area contributed by atoms with Crippen molar-refractivity contribution in [1.29, 1.82) is 0 Å². The van der Waals surface area contributed by atoms with Gasteiger partial charge in [-0.3, -0.25) is 9.98 Å². The first kappa shape index (κ1) is 26.1. The van der Waals surface area contributed by atoms with Gasteiger partial charge < -0.3 is 4.74 Å². The predicted octanol–water partition coefficient (Wildman–Crippen LogP) is 7.71. The number of ether oxygens (including phenoxy) is 1. The number of benzene rings is 1. The van der Waals surface area contributed by atoms with E-state index in [-0.39, 0.29) is 23.5 Å². The molecule has 0 aromatic heterocycles. The molecule has 0 saturated carbocycles. The van der Waals surface area contributed by atoms with Crippen LogP contribution in [0.1, 0.15) is 65.9 Å². The number of aliphatic imine (C=N–C) groups is 2. The molecule has 0 amide bonds. The first-order valence-corrected chi connectivity index (χ1v) is 12.9. The maximum atomic E-state index is 6.24. The molecule has 1 heterocycles. The Morgan fingerprint density at radius 3 is 2.41 bits per heavy atom. The molecule has 2 aliphatic rings. The van der Waals surface area contributed by atoms with Gasteiger partial charge in [-0.1, -0.05) is 70.3 Å².